The molecular weight excluding hydrogens is 169 g/mol. The van der Waals surface area contributed by atoms with Crippen LogP contribution in [0.3, 0.4) is 0 Å². The van der Waals surface area contributed by atoms with E-state index >= 15 is 0 Å². The van der Waals surface area contributed by atoms with Crippen molar-refractivity contribution in [1.29, 1.82) is 0 Å². The Morgan fingerprint density at radius 2 is 2.23 bits per heavy atom. The SMILES string of the molecule is C[C@@H](O)c1c[nH]c2ccc(F)cc12. The number of aliphatic hydroxyl groups is 1. The van der Waals surface area contributed by atoms with E-state index < -0.39 is 6.10 Å². The summed E-state index contributed by atoms with van der Waals surface area (Å²) >= 11 is 0. The van der Waals surface area contributed by atoms with Gasteiger partial charge < -0.3 is 10.1 Å². The Morgan fingerprint density at radius 1 is 1.46 bits per heavy atom. The zero-order valence-corrected chi connectivity index (χ0v) is 7.21. The van der Waals surface area contributed by atoms with Gasteiger partial charge in [-0.05, 0) is 25.1 Å². The predicted octanol–water partition coefficient (Wildman–Crippen LogP) is 2.36. The quantitative estimate of drug-likeness (QED) is 0.692. The van der Waals surface area contributed by atoms with Crippen molar-refractivity contribution >= 4 is 10.9 Å². The highest BCUT2D eigenvalue weighted by molar-refractivity contribution is 5.83. The Balaban J connectivity index is 2.71. The number of benzene rings is 1. The molecule has 2 N–H and O–H groups in total. The Morgan fingerprint density at radius 3 is 2.92 bits per heavy atom. The molecule has 2 aromatic rings. The Kier molecular flexibility index (Phi) is 1.81. The maximum absolute atomic E-state index is 12.9. The fourth-order valence-electron chi connectivity index (χ4n) is 1.46. The molecule has 1 heterocycles. The van der Waals surface area contributed by atoms with Gasteiger partial charge in [0.25, 0.3) is 0 Å². The summed E-state index contributed by atoms with van der Waals surface area (Å²) in [6.07, 6.45) is 1.13. The maximum Gasteiger partial charge on any atom is 0.123 e. The van der Waals surface area contributed by atoms with Gasteiger partial charge in [0.2, 0.25) is 0 Å². The van der Waals surface area contributed by atoms with E-state index in [0.29, 0.717) is 0 Å². The third kappa shape index (κ3) is 1.31. The highest BCUT2D eigenvalue weighted by Gasteiger charge is 2.08. The number of hydrogen-bond donors (Lipinski definition) is 2. The second-order valence-corrected chi connectivity index (χ2v) is 3.11. The molecule has 0 saturated carbocycles. The molecule has 68 valence electrons. The van der Waals surface area contributed by atoms with Gasteiger partial charge in [0.15, 0.2) is 0 Å². The molecular formula is C10H10FNO. The summed E-state index contributed by atoms with van der Waals surface area (Å²) in [7, 11) is 0. The molecule has 0 aliphatic carbocycles. The molecule has 2 rings (SSSR count). The summed E-state index contributed by atoms with van der Waals surface area (Å²) in [6.45, 7) is 1.66. The Bertz CT molecular complexity index is 433. The predicted molar refractivity (Wildman–Crippen MR) is 48.9 cm³/mol. The number of hydrogen-bond acceptors (Lipinski definition) is 1. The van der Waals surface area contributed by atoms with Crippen molar-refractivity contribution in [3.8, 4) is 0 Å². The van der Waals surface area contributed by atoms with E-state index in [-0.39, 0.29) is 5.82 Å². The average molecular weight is 179 g/mol. The van der Waals surface area contributed by atoms with Crippen LogP contribution in [0.1, 0.15) is 18.6 Å². The molecule has 0 radical (unpaired) electrons. The second kappa shape index (κ2) is 2.85. The van der Waals surface area contributed by atoms with E-state index in [1.165, 1.54) is 12.1 Å². The second-order valence-electron chi connectivity index (χ2n) is 3.11. The minimum Gasteiger partial charge on any atom is -0.389 e. The molecule has 2 nitrogen and oxygen atoms in total. The summed E-state index contributed by atoms with van der Waals surface area (Å²) in [6, 6.07) is 4.48. The van der Waals surface area contributed by atoms with E-state index in [4.69, 9.17) is 0 Å². The molecule has 0 spiro atoms. The van der Waals surface area contributed by atoms with Gasteiger partial charge in [-0.25, -0.2) is 4.39 Å². The van der Waals surface area contributed by atoms with Crippen LogP contribution in [0.2, 0.25) is 0 Å². The van der Waals surface area contributed by atoms with Crippen molar-refractivity contribution < 1.29 is 9.50 Å². The van der Waals surface area contributed by atoms with Crippen LogP contribution in [0.4, 0.5) is 4.39 Å². The monoisotopic (exact) mass is 179 g/mol. The maximum atomic E-state index is 12.9. The van der Waals surface area contributed by atoms with Crippen LogP contribution >= 0.6 is 0 Å². The molecule has 0 aliphatic rings. The molecule has 13 heavy (non-hydrogen) atoms. The van der Waals surface area contributed by atoms with Gasteiger partial charge in [-0.15, -0.1) is 0 Å². The fraction of sp³-hybridized carbons (Fsp3) is 0.200. The first-order valence-electron chi connectivity index (χ1n) is 4.13. The van der Waals surface area contributed by atoms with E-state index in [0.717, 1.165) is 16.5 Å². The molecule has 0 aliphatic heterocycles. The minimum absolute atomic E-state index is 0.283. The highest BCUT2D eigenvalue weighted by Crippen LogP contribution is 2.24. The standard InChI is InChI=1S/C10H10FNO/c1-6(13)9-5-12-10-3-2-7(11)4-8(9)10/h2-6,12-13H,1H3/t6-/m1/s1. The molecule has 0 saturated heterocycles. The lowest BCUT2D eigenvalue weighted by atomic mass is 10.1. The largest absolute Gasteiger partial charge is 0.389 e. The zero-order chi connectivity index (χ0) is 9.42. The number of fused-ring (bicyclic) bond motifs is 1. The zero-order valence-electron chi connectivity index (χ0n) is 7.21. The first kappa shape index (κ1) is 8.26. The number of aromatic nitrogens is 1. The van der Waals surface area contributed by atoms with Crippen molar-refractivity contribution in [3.05, 3.63) is 35.8 Å². The van der Waals surface area contributed by atoms with Gasteiger partial charge in [-0.1, -0.05) is 0 Å². The topological polar surface area (TPSA) is 36.0 Å². The molecule has 3 heteroatoms. The van der Waals surface area contributed by atoms with Crippen molar-refractivity contribution in [2.24, 2.45) is 0 Å². The van der Waals surface area contributed by atoms with Crippen LogP contribution in [0.15, 0.2) is 24.4 Å². The first-order valence-corrected chi connectivity index (χ1v) is 4.13. The average Bonchev–Trinajstić information content (AvgIpc) is 2.46. The number of H-pyrrole nitrogens is 1. The smallest absolute Gasteiger partial charge is 0.123 e. The first-order chi connectivity index (χ1) is 6.18. The van der Waals surface area contributed by atoms with Crippen LogP contribution in [-0.2, 0) is 0 Å². The van der Waals surface area contributed by atoms with Crippen LogP contribution in [0.5, 0.6) is 0 Å². The van der Waals surface area contributed by atoms with Gasteiger partial charge in [0, 0.05) is 22.7 Å². The molecule has 0 amide bonds. The lowest BCUT2D eigenvalue weighted by Gasteiger charge is -2.00. The molecule has 0 fully saturated rings. The van der Waals surface area contributed by atoms with Crippen LogP contribution in [0.25, 0.3) is 10.9 Å². The Hall–Kier alpha value is -1.35. The molecule has 1 aromatic heterocycles. The summed E-state index contributed by atoms with van der Waals surface area (Å²) < 4.78 is 12.9. The van der Waals surface area contributed by atoms with Gasteiger partial charge >= 0.3 is 0 Å². The molecule has 1 atom stereocenters. The minimum atomic E-state index is -0.574. The number of aliphatic hydroxyl groups excluding tert-OH is 1. The van der Waals surface area contributed by atoms with Crippen LogP contribution in [-0.4, -0.2) is 10.1 Å². The van der Waals surface area contributed by atoms with Crippen molar-refractivity contribution in [2.45, 2.75) is 13.0 Å². The number of halogens is 1. The van der Waals surface area contributed by atoms with E-state index in [2.05, 4.69) is 4.98 Å². The van der Waals surface area contributed by atoms with Crippen molar-refractivity contribution in [3.63, 3.8) is 0 Å². The molecule has 1 aromatic carbocycles. The van der Waals surface area contributed by atoms with Gasteiger partial charge in [-0.3, -0.25) is 0 Å². The van der Waals surface area contributed by atoms with Crippen molar-refractivity contribution in [2.75, 3.05) is 0 Å². The summed E-state index contributed by atoms with van der Waals surface area (Å²) in [5, 5.41) is 10.1. The Labute approximate surface area is 75.0 Å². The molecule has 0 bridgehead atoms. The number of rotatable bonds is 1. The summed E-state index contributed by atoms with van der Waals surface area (Å²) in [5.41, 5.74) is 1.58. The molecule has 0 unspecified atom stereocenters. The van der Waals surface area contributed by atoms with Crippen molar-refractivity contribution in [1.82, 2.24) is 4.98 Å². The van der Waals surface area contributed by atoms with E-state index in [1.807, 2.05) is 0 Å². The normalized spacial score (nSPS) is 13.5. The fourth-order valence-corrected chi connectivity index (χ4v) is 1.46. The highest BCUT2D eigenvalue weighted by atomic mass is 19.1. The summed E-state index contributed by atoms with van der Waals surface area (Å²) in [4.78, 5) is 2.97. The number of aromatic amines is 1. The summed E-state index contributed by atoms with van der Waals surface area (Å²) in [5.74, 6) is -0.283. The third-order valence-corrected chi connectivity index (χ3v) is 2.13. The van der Waals surface area contributed by atoms with Crippen LogP contribution in [0, 0.1) is 5.82 Å². The van der Waals surface area contributed by atoms with Gasteiger partial charge in [0.05, 0.1) is 6.10 Å². The van der Waals surface area contributed by atoms with Crippen LogP contribution < -0.4 is 0 Å². The van der Waals surface area contributed by atoms with E-state index in [1.54, 1.807) is 19.2 Å². The van der Waals surface area contributed by atoms with E-state index in [9.17, 15) is 9.50 Å². The van der Waals surface area contributed by atoms with Gasteiger partial charge in [0.1, 0.15) is 5.82 Å². The van der Waals surface area contributed by atoms with Gasteiger partial charge in [-0.2, -0.15) is 0 Å². The number of nitrogens with one attached hydrogen (secondary N) is 1. The lowest BCUT2D eigenvalue weighted by Crippen LogP contribution is -1.88. The third-order valence-electron chi connectivity index (χ3n) is 2.13. The lowest BCUT2D eigenvalue weighted by molar-refractivity contribution is 0.201.